The molecule has 4 nitrogen and oxygen atoms in total. The highest BCUT2D eigenvalue weighted by Gasteiger charge is 2.30. The zero-order chi connectivity index (χ0) is 15.4. The van der Waals surface area contributed by atoms with Crippen molar-refractivity contribution in [1.29, 1.82) is 0 Å². The molecule has 2 rings (SSSR count). The fourth-order valence-corrected chi connectivity index (χ4v) is 2.57. The van der Waals surface area contributed by atoms with Crippen LogP contribution in [0.5, 0.6) is 5.75 Å². The summed E-state index contributed by atoms with van der Waals surface area (Å²) >= 11 is 5.86. The molecular weight excluding hydrogens is 290 g/mol. The lowest BCUT2D eigenvalue weighted by molar-refractivity contribution is -0.139. The van der Waals surface area contributed by atoms with Gasteiger partial charge < -0.3 is 15.9 Å². The SMILES string of the molecule is NCC(c1ccc(Cl)cc1)C(C(=O)O)c1cccc(O)c1. The lowest BCUT2D eigenvalue weighted by Crippen LogP contribution is -2.26. The first kappa shape index (κ1) is 15.4. The van der Waals surface area contributed by atoms with E-state index in [9.17, 15) is 15.0 Å². The van der Waals surface area contributed by atoms with Gasteiger partial charge in [0, 0.05) is 17.5 Å². The van der Waals surface area contributed by atoms with Crippen LogP contribution >= 0.6 is 11.6 Å². The van der Waals surface area contributed by atoms with Crippen LogP contribution in [-0.2, 0) is 4.79 Å². The van der Waals surface area contributed by atoms with Gasteiger partial charge in [-0.05, 0) is 35.4 Å². The standard InChI is InChI=1S/C16H16ClNO3/c17-12-6-4-10(5-7-12)14(9-18)15(16(20)21)11-2-1-3-13(19)8-11/h1-8,14-15,19H,9,18H2,(H,20,21). The van der Waals surface area contributed by atoms with Gasteiger partial charge in [-0.3, -0.25) is 4.79 Å². The van der Waals surface area contributed by atoms with Crippen LogP contribution in [-0.4, -0.2) is 22.7 Å². The highest BCUT2D eigenvalue weighted by molar-refractivity contribution is 6.30. The summed E-state index contributed by atoms with van der Waals surface area (Å²) in [5.41, 5.74) is 7.12. The number of phenolic OH excluding ortho intramolecular Hbond substituents is 1. The van der Waals surface area contributed by atoms with Gasteiger partial charge in [0.2, 0.25) is 0 Å². The smallest absolute Gasteiger partial charge is 0.311 e. The minimum atomic E-state index is -0.981. The molecule has 0 saturated heterocycles. The Morgan fingerprint density at radius 3 is 2.33 bits per heavy atom. The number of phenols is 1. The lowest BCUT2D eigenvalue weighted by Gasteiger charge is -2.23. The van der Waals surface area contributed by atoms with Crippen LogP contribution in [0.3, 0.4) is 0 Å². The molecule has 0 amide bonds. The van der Waals surface area contributed by atoms with Crippen molar-refractivity contribution in [3.63, 3.8) is 0 Å². The number of hydrogen-bond acceptors (Lipinski definition) is 3. The number of nitrogens with two attached hydrogens (primary N) is 1. The molecule has 0 heterocycles. The summed E-state index contributed by atoms with van der Waals surface area (Å²) in [6.45, 7) is 0.175. The topological polar surface area (TPSA) is 83.6 Å². The van der Waals surface area contributed by atoms with Crippen molar-refractivity contribution >= 4 is 17.6 Å². The van der Waals surface area contributed by atoms with Crippen LogP contribution in [0.2, 0.25) is 5.02 Å². The van der Waals surface area contributed by atoms with Crippen molar-refractivity contribution in [2.45, 2.75) is 11.8 Å². The number of aliphatic carboxylic acids is 1. The second-order valence-electron chi connectivity index (χ2n) is 4.80. The van der Waals surface area contributed by atoms with E-state index in [2.05, 4.69) is 0 Å². The van der Waals surface area contributed by atoms with Gasteiger partial charge in [-0.15, -0.1) is 0 Å². The quantitative estimate of drug-likeness (QED) is 0.793. The summed E-state index contributed by atoms with van der Waals surface area (Å²) in [7, 11) is 0. The summed E-state index contributed by atoms with van der Waals surface area (Å²) in [6.07, 6.45) is 0. The Morgan fingerprint density at radius 2 is 1.81 bits per heavy atom. The molecule has 5 heteroatoms. The highest BCUT2D eigenvalue weighted by atomic mass is 35.5. The molecule has 2 unspecified atom stereocenters. The molecule has 2 aromatic rings. The lowest BCUT2D eigenvalue weighted by atomic mass is 9.81. The van der Waals surface area contributed by atoms with Crippen molar-refractivity contribution in [3.05, 3.63) is 64.7 Å². The van der Waals surface area contributed by atoms with Crippen molar-refractivity contribution in [2.75, 3.05) is 6.54 Å². The van der Waals surface area contributed by atoms with E-state index in [1.165, 1.54) is 12.1 Å². The average Bonchev–Trinajstić information content (AvgIpc) is 2.45. The van der Waals surface area contributed by atoms with Crippen LogP contribution in [0.4, 0.5) is 0 Å². The number of aromatic hydroxyl groups is 1. The van der Waals surface area contributed by atoms with E-state index in [0.29, 0.717) is 10.6 Å². The molecule has 4 N–H and O–H groups in total. The predicted octanol–water partition coefficient (Wildman–Crippen LogP) is 2.96. The van der Waals surface area contributed by atoms with Crippen LogP contribution in [0, 0.1) is 0 Å². The number of benzene rings is 2. The van der Waals surface area contributed by atoms with Gasteiger partial charge in [0.05, 0.1) is 5.92 Å². The van der Waals surface area contributed by atoms with E-state index in [4.69, 9.17) is 17.3 Å². The number of halogens is 1. The largest absolute Gasteiger partial charge is 0.508 e. The summed E-state index contributed by atoms with van der Waals surface area (Å²) in [6, 6.07) is 13.2. The molecule has 0 bridgehead atoms. The van der Waals surface area contributed by atoms with E-state index < -0.39 is 17.8 Å². The third-order valence-corrected chi connectivity index (χ3v) is 3.70. The molecule has 0 aliphatic heterocycles. The first-order chi connectivity index (χ1) is 10.0. The number of hydrogen-bond donors (Lipinski definition) is 3. The molecule has 0 aromatic heterocycles. The Hall–Kier alpha value is -2.04. The van der Waals surface area contributed by atoms with E-state index in [-0.39, 0.29) is 12.3 Å². The van der Waals surface area contributed by atoms with E-state index in [1.54, 1.807) is 36.4 Å². The molecule has 2 atom stereocenters. The van der Waals surface area contributed by atoms with Gasteiger partial charge in [0.1, 0.15) is 5.75 Å². The Kier molecular flexibility index (Phi) is 4.83. The summed E-state index contributed by atoms with van der Waals surface area (Å²) < 4.78 is 0. The molecule has 0 aliphatic carbocycles. The monoisotopic (exact) mass is 305 g/mol. The summed E-state index contributed by atoms with van der Waals surface area (Å²) in [5, 5.41) is 19.7. The molecule has 2 aromatic carbocycles. The fraction of sp³-hybridized carbons (Fsp3) is 0.188. The van der Waals surface area contributed by atoms with Crippen LogP contribution in [0.1, 0.15) is 23.0 Å². The molecule has 21 heavy (non-hydrogen) atoms. The van der Waals surface area contributed by atoms with Gasteiger partial charge in [-0.2, -0.15) is 0 Å². The predicted molar refractivity (Wildman–Crippen MR) is 81.7 cm³/mol. The van der Waals surface area contributed by atoms with Crippen LogP contribution in [0.15, 0.2) is 48.5 Å². The highest BCUT2D eigenvalue weighted by Crippen LogP contribution is 2.34. The Labute approximate surface area is 127 Å². The van der Waals surface area contributed by atoms with Crippen molar-refractivity contribution in [3.8, 4) is 5.75 Å². The summed E-state index contributed by atoms with van der Waals surface area (Å²) in [4.78, 5) is 11.7. The van der Waals surface area contributed by atoms with E-state index >= 15 is 0 Å². The van der Waals surface area contributed by atoms with Crippen molar-refractivity contribution in [2.24, 2.45) is 5.73 Å². The van der Waals surface area contributed by atoms with Gasteiger partial charge in [0.25, 0.3) is 0 Å². The van der Waals surface area contributed by atoms with E-state index in [1.807, 2.05) is 0 Å². The van der Waals surface area contributed by atoms with Gasteiger partial charge in [-0.1, -0.05) is 35.9 Å². The molecule has 0 saturated carbocycles. The molecule has 0 fully saturated rings. The van der Waals surface area contributed by atoms with E-state index in [0.717, 1.165) is 5.56 Å². The van der Waals surface area contributed by atoms with Crippen molar-refractivity contribution in [1.82, 2.24) is 0 Å². The van der Waals surface area contributed by atoms with Gasteiger partial charge in [-0.25, -0.2) is 0 Å². The first-order valence-corrected chi connectivity index (χ1v) is 6.88. The normalized spacial score (nSPS) is 13.6. The molecular formula is C16H16ClNO3. The maximum atomic E-state index is 11.7. The third-order valence-electron chi connectivity index (χ3n) is 3.45. The van der Waals surface area contributed by atoms with Crippen LogP contribution in [0.25, 0.3) is 0 Å². The Balaban J connectivity index is 2.44. The zero-order valence-corrected chi connectivity index (χ0v) is 12.0. The minimum absolute atomic E-state index is 0.0330. The molecule has 0 aliphatic rings. The summed E-state index contributed by atoms with van der Waals surface area (Å²) in [5.74, 6) is -2.18. The fourth-order valence-electron chi connectivity index (χ4n) is 2.44. The maximum Gasteiger partial charge on any atom is 0.311 e. The second kappa shape index (κ2) is 6.61. The average molecular weight is 306 g/mol. The maximum absolute atomic E-state index is 11.7. The van der Waals surface area contributed by atoms with Crippen molar-refractivity contribution < 1.29 is 15.0 Å². The Bertz CT molecular complexity index is 628. The molecule has 0 spiro atoms. The van der Waals surface area contributed by atoms with Gasteiger partial charge >= 0.3 is 5.97 Å². The molecule has 110 valence electrons. The number of carboxylic acid groups (broad SMARTS) is 1. The Morgan fingerprint density at radius 1 is 1.14 bits per heavy atom. The second-order valence-corrected chi connectivity index (χ2v) is 5.24. The van der Waals surface area contributed by atoms with Crippen LogP contribution < -0.4 is 5.73 Å². The third kappa shape index (κ3) is 3.54. The zero-order valence-electron chi connectivity index (χ0n) is 11.2. The molecule has 0 radical (unpaired) electrons. The first-order valence-electron chi connectivity index (χ1n) is 6.50. The number of carbonyl (C=O) groups is 1. The number of carboxylic acids is 1. The minimum Gasteiger partial charge on any atom is -0.508 e. The number of rotatable bonds is 5. The van der Waals surface area contributed by atoms with Gasteiger partial charge in [0.15, 0.2) is 0 Å².